The molecular weight excluding hydrogens is 248 g/mol. The Morgan fingerprint density at radius 2 is 2.50 bits per heavy atom. The number of nitriles is 1. The van der Waals surface area contributed by atoms with Crippen LogP contribution in [0.4, 0.5) is 5.82 Å². The quantitative estimate of drug-likeness (QED) is 0.880. The lowest BCUT2D eigenvalue weighted by Crippen LogP contribution is -2.33. The molecule has 2 heterocycles. The number of pyridine rings is 1. The number of hydrogen-bond acceptors (Lipinski definition) is 4. The second-order valence-electron chi connectivity index (χ2n) is 4.66. The van der Waals surface area contributed by atoms with Crippen LogP contribution in [0.1, 0.15) is 24.1 Å². The van der Waals surface area contributed by atoms with E-state index in [4.69, 9.17) is 16.9 Å². The summed E-state index contributed by atoms with van der Waals surface area (Å²) in [6.45, 7) is 4.85. The molecule has 0 amide bonds. The fourth-order valence-electron chi connectivity index (χ4n) is 2.16. The van der Waals surface area contributed by atoms with Crippen LogP contribution in [0.2, 0.25) is 5.02 Å². The molecule has 1 saturated heterocycles. The van der Waals surface area contributed by atoms with Crippen molar-refractivity contribution in [3.05, 3.63) is 22.3 Å². The van der Waals surface area contributed by atoms with Crippen LogP contribution in [-0.4, -0.2) is 24.6 Å². The van der Waals surface area contributed by atoms with Gasteiger partial charge in [-0.2, -0.15) is 5.26 Å². The first-order valence-electron chi connectivity index (χ1n) is 6.22. The van der Waals surface area contributed by atoms with Gasteiger partial charge in [0.2, 0.25) is 0 Å². The minimum atomic E-state index is 0.515. The topological polar surface area (TPSA) is 60.7 Å². The van der Waals surface area contributed by atoms with Crippen molar-refractivity contribution in [1.82, 2.24) is 10.3 Å². The monoisotopic (exact) mass is 264 g/mol. The Morgan fingerprint density at radius 3 is 3.17 bits per heavy atom. The Balaban J connectivity index is 2.01. The van der Waals surface area contributed by atoms with Gasteiger partial charge in [0.05, 0.1) is 16.3 Å². The average Bonchev–Trinajstić information content (AvgIpc) is 2.40. The molecule has 4 nitrogen and oxygen atoms in total. The number of nitrogens with zero attached hydrogens (tertiary/aromatic N) is 2. The molecule has 0 bridgehead atoms. The minimum absolute atomic E-state index is 0.515. The lowest BCUT2D eigenvalue weighted by atomic mass is 10.00. The highest BCUT2D eigenvalue weighted by molar-refractivity contribution is 6.33. The number of piperidine rings is 1. The smallest absolute Gasteiger partial charge is 0.145 e. The van der Waals surface area contributed by atoms with Gasteiger partial charge in [-0.1, -0.05) is 11.6 Å². The van der Waals surface area contributed by atoms with Gasteiger partial charge in [-0.05, 0) is 44.8 Å². The summed E-state index contributed by atoms with van der Waals surface area (Å²) < 4.78 is 0. The van der Waals surface area contributed by atoms with Gasteiger partial charge in [0.25, 0.3) is 0 Å². The molecule has 1 aromatic heterocycles. The molecule has 2 N–H and O–H groups in total. The van der Waals surface area contributed by atoms with Crippen molar-refractivity contribution in [3.8, 4) is 6.07 Å². The molecular formula is C13H17ClN4. The standard InChI is InChI=1S/C13H17ClN4/c1-9-11(6-15)5-12(14)13(18-9)17-8-10-3-2-4-16-7-10/h5,10,16H,2-4,7-8H2,1H3,(H,17,18). The normalized spacial score (nSPS) is 19.3. The van der Waals surface area contributed by atoms with Crippen LogP contribution in [0.15, 0.2) is 6.07 Å². The van der Waals surface area contributed by atoms with Gasteiger partial charge in [0.1, 0.15) is 11.9 Å². The third-order valence-electron chi connectivity index (χ3n) is 3.24. The lowest BCUT2D eigenvalue weighted by molar-refractivity contribution is 0.392. The number of halogens is 1. The van der Waals surface area contributed by atoms with Crippen molar-refractivity contribution in [2.75, 3.05) is 25.0 Å². The summed E-state index contributed by atoms with van der Waals surface area (Å²) in [6, 6.07) is 3.76. The van der Waals surface area contributed by atoms with Crippen molar-refractivity contribution in [3.63, 3.8) is 0 Å². The Hall–Kier alpha value is -1.31. The molecule has 1 aromatic rings. The number of aromatic nitrogens is 1. The first-order chi connectivity index (χ1) is 8.70. The maximum Gasteiger partial charge on any atom is 0.145 e. The Kier molecular flexibility index (Phi) is 4.40. The number of nitrogens with one attached hydrogen (secondary N) is 2. The fourth-order valence-corrected chi connectivity index (χ4v) is 2.38. The van der Waals surface area contributed by atoms with E-state index in [1.807, 2.05) is 6.92 Å². The van der Waals surface area contributed by atoms with Crippen LogP contribution in [-0.2, 0) is 0 Å². The van der Waals surface area contributed by atoms with E-state index in [1.165, 1.54) is 12.8 Å². The van der Waals surface area contributed by atoms with E-state index in [-0.39, 0.29) is 0 Å². The molecule has 1 aliphatic heterocycles. The lowest BCUT2D eigenvalue weighted by Gasteiger charge is -2.23. The van der Waals surface area contributed by atoms with E-state index in [1.54, 1.807) is 6.07 Å². The third kappa shape index (κ3) is 3.12. The molecule has 18 heavy (non-hydrogen) atoms. The van der Waals surface area contributed by atoms with E-state index < -0.39 is 0 Å². The Bertz CT molecular complexity index is 461. The largest absolute Gasteiger partial charge is 0.369 e. The summed E-state index contributed by atoms with van der Waals surface area (Å²) in [5, 5.41) is 16.1. The van der Waals surface area contributed by atoms with E-state index in [0.29, 0.717) is 28.0 Å². The van der Waals surface area contributed by atoms with E-state index in [0.717, 1.165) is 19.6 Å². The highest BCUT2D eigenvalue weighted by atomic mass is 35.5. The third-order valence-corrected chi connectivity index (χ3v) is 3.53. The summed E-state index contributed by atoms with van der Waals surface area (Å²) in [4.78, 5) is 4.34. The van der Waals surface area contributed by atoms with Crippen LogP contribution in [0.5, 0.6) is 0 Å². The molecule has 0 aromatic carbocycles. The summed E-state index contributed by atoms with van der Waals surface area (Å²) in [5.74, 6) is 1.30. The Labute approximate surface area is 112 Å². The molecule has 5 heteroatoms. The molecule has 0 spiro atoms. The first-order valence-corrected chi connectivity index (χ1v) is 6.60. The summed E-state index contributed by atoms with van der Waals surface area (Å²) >= 11 is 6.11. The highest BCUT2D eigenvalue weighted by Crippen LogP contribution is 2.23. The molecule has 0 aliphatic carbocycles. The molecule has 1 atom stereocenters. The van der Waals surface area contributed by atoms with Gasteiger partial charge >= 0.3 is 0 Å². The maximum absolute atomic E-state index is 8.89. The van der Waals surface area contributed by atoms with Crippen molar-refractivity contribution in [2.45, 2.75) is 19.8 Å². The van der Waals surface area contributed by atoms with Crippen molar-refractivity contribution >= 4 is 17.4 Å². The molecule has 2 rings (SSSR count). The summed E-state index contributed by atoms with van der Waals surface area (Å²) in [5.41, 5.74) is 1.25. The molecule has 1 unspecified atom stereocenters. The molecule has 0 radical (unpaired) electrons. The molecule has 1 fully saturated rings. The average molecular weight is 265 g/mol. The van der Waals surface area contributed by atoms with E-state index in [9.17, 15) is 0 Å². The number of hydrogen-bond donors (Lipinski definition) is 2. The summed E-state index contributed by atoms with van der Waals surface area (Å²) in [7, 11) is 0. The van der Waals surface area contributed by atoms with Gasteiger partial charge in [0, 0.05) is 6.54 Å². The van der Waals surface area contributed by atoms with Crippen LogP contribution in [0.3, 0.4) is 0 Å². The van der Waals surface area contributed by atoms with E-state index in [2.05, 4.69) is 21.7 Å². The first kappa shape index (κ1) is 13.1. The SMILES string of the molecule is Cc1nc(NCC2CCCNC2)c(Cl)cc1C#N. The molecule has 96 valence electrons. The second-order valence-corrected chi connectivity index (χ2v) is 5.06. The zero-order valence-electron chi connectivity index (χ0n) is 10.5. The Morgan fingerprint density at radius 1 is 1.67 bits per heavy atom. The zero-order chi connectivity index (χ0) is 13.0. The fraction of sp³-hybridized carbons (Fsp3) is 0.538. The summed E-state index contributed by atoms with van der Waals surface area (Å²) in [6.07, 6.45) is 2.45. The van der Waals surface area contributed by atoms with Gasteiger partial charge in [-0.25, -0.2) is 4.98 Å². The predicted octanol–water partition coefficient (Wildman–Crippen LogP) is 2.33. The molecule has 1 aliphatic rings. The van der Waals surface area contributed by atoms with Gasteiger partial charge in [0.15, 0.2) is 0 Å². The van der Waals surface area contributed by atoms with Crippen LogP contribution >= 0.6 is 11.6 Å². The number of rotatable bonds is 3. The minimum Gasteiger partial charge on any atom is -0.369 e. The van der Waals surface area contributed by atoms with Crippen molar-refractivity contribution in [1.29, 1.82) is 5.26 Å². The highest BCUT2D eigenvalue weighted by Gasteiger charge is 2.14. The van der Waals surface area contributed by atoms with Crippen LogP contribution in [0, 0.1) is 24.2 Å². The number of anilines is 1. The maximum atomic E-state index is 8.89. The van der Waals surface area contributed by atoms with Crippen molar-refractivity contribution in [2.24, 2.45) is 5.92 Å². The van der Waals surface area contributed by atoms with Gasteiger partial charge < -0.3 is 10.6 Å². The van der Waals surface area contributed by atoms with Crippen LogP contribution < -0.4 is 10.6 Å². The number of aryl methyl sites for hydroxylation is 1. The predicted molar refractivity (Wildman–Crippen MR) is 72.8 cm³/mol. The second kappa shape index (κ2) is 6.03. The van der Waals surface area contributed by atoms with Crippen LogP contribution in [0.25, 0.3) is 0 Å². The van der Waals surface area contributed by atoms with E-state index >= 15 is 0 Å². The van der Waals surface area contributed by atoms with Crippen molar-refractivity contribution < 1.29 is 0 Å². The van der Waals surface area contributed by atoms with Gasteiger partial charge in [-0.3, -0.25) is 0 Å². The van der Waals surface area contributed by atoms with Gasteiger partial charge in [-0.15, -0.1) is 0 Å². The zero-order valence-corrected chi connectivity index (χ0v) is 11.2. The molecule has 0 saturated carbocycles.